The zero-order valence-electron chi connectivity index (χ0n) is 12.4. The van der Waals surface area contributed by atoms with Crippen molar-refractivity contribution >= 4 is 5.91 Å². The van der Waals surface area contributed by atoms with Crippen molar-refractivity contribution in [2.75, 3.05) is 19.8 Å². The fraction of sp³-hybridized carbons (Fsp3) is 0.714. The molecule has 2 unspecified atom stereocenters. The second-order valence-corrected chi connectivity index (χ2v) is 5.23. The lowest BCUT2D eigenvalue weighted by molar-refractivity contribution is -0.125. The Morgan fingerprint density at radius 1 is 1.40 bits per heavy atom. The maximum absolute atomic E-state index is 12.3. The van der Waals surface area contributed by atoms with Crippen LogP contribution in [0.5, 0.6) is 0 Å². The zero-order chi connectivity index (χ0) is 14.5. The number of carbonyl (C=O) groups excluding carboxylic acids is 1. The van der Waals surface area contributed by atoms with Crippen LogP contribution in [-0.4, -0.2) is 36.9 Å². The number of aromatic nitrogens is 1. The highest BCUT2D eigenvalue weighted by atomic mass is 16.5. The van der Waals surface area contributed by atoms with Gasteiger partial charge in [-0.05, 0) is 26.8 Å². The van der Waals surface area contributed by atoms with Gasteiger partial charge in [-0.2, -0.15) is 0 Å². The number of amides is 1. The highest BCUT2D eigenvalue weighted by Gasteiger charge is 2.33. The Morgan fingerprint density at radius 3 is 2.85 bits per heavy atom. The maximum Gasteiger partial charge on any atom is 0.227 e. The van der Waals surface area contributed by atoms with Crippen molar-refractivity contribution in [2.24, 2.45) is 5.92 Å². The number of aryl methyl sites for hydroxylation is 2. The van der Waals surface area contributed by atoms with Crippen molar-refractivity contribution in [3.63, 3.8) is 0 Å². The minimum atomic E-state index is -0.123. The molecule has 1 aromatic heterocycles. The quantitative estimate of drug-likeness (QED) is 0.811. The molecule has 2 atom stereocenters. The van der Waals surface area contributed by atoms with Crippen molar-refractivity contribution in [3.05, 3.63) is 17.0 Å². The van der Waals surface area contributed by atoms with Crippen LogP contribution in [0.1, 0.15) is 30.4 Å². The molecule has 1 aliphatic heterocycles. The first-order valence-electron chi connectivity index (χ1n) is 7.14. The van der Waals surface area contributed by atoms with Gasteiger partial charge in [0.2, 0.25) is 5.91 Å². The number of hydrogen-bond acceptors (Lipinski definition) is 5. The Balaban J connectivity index is 1.88. The smallest absolute Gasteiger partial charge is 0.227 e. The Kier molecular flexibility index (Phi) is 5.14. The molecule has 0 spiro atoms. The van der Waals surface area contributed by atoms with E-state index in [1.54, 1.807) is 0 Å². The van der Waals surface area contributed by atoms with E-state index >= 15 is 0 Å². The highest BCUT2D eigenvalue weighted by molar-refractivity contribution is 5.79. The summed E-state index contributed by atoms with van der Waals surface area (Å²) >= 11 is 0. The molecule has 1 aromatic rings. The fourth-order valence-electron chi connectivity index (χ4n) is 2.40. The number of hydrogen-bond donors (Lipinski definition) is 2. The van der Waals surface area contributed by atoms with Crippen molar-refractivity contribution in [3.8, 4) is 0 Å². The predicted molar refractivity (Wildman–Crippen MR) is 74.2 cm³/mol. The van der Waals surface area contributed by atoms with E-state index < -0.39 is 0 Å². The van der Waals surface area contributed by atoms with E-state index in [1.165, 1.54) is 0 Å². The monoisotopic (exact) mass is 281 g/mol. The first kappa shape index (κ1) is 15.0. The van der Waals surface area contributed by atoms with Gasteiger partial charge >= 0.3 is 0 Å². The van der Waals surface area contributed by atoms with Crippen LogP contribution >= 0.6 is 0 Å². The van der Waals surface area contributed by atoms with Crippen LogP contribution < -0.4 is 10.6 Å². The van der Waals surface area contributed by atoms with Crippen molar-refractivity contribution in [1.29, 1.82) is 0 Å². The zero-order valence-corrected chi connectivity index (χ0v) is 12.4. The van der Waals surface area contributed by atoms with E-state index in [1.807, 2.05) is 13.8 Å². The number of nitrogens with zero attached hydrogens (tertiary/aromatic N) is 1. The lowest BCUT2D eigenvalue weighted by atomic mass is 10.0. The summed E-state index contributed by atoms with van der Waals surface area (Å²) in [5.74, 6) is 0.657. The summed E-state index contributed by atoms with van der Waals surface area (Å²) in [6, 6.07) is 0.111. The minimum absolute atomic E-state index is 0.0242. The van der Waals surface area contributed by atoms with Crippen molar-refractivity contribution < 1.29 is 14.1 Å². The number of ether oxygens (including phenoxy) is 1. The molecule has 0 bridgehead atoms. The Morgan fingerprint density at radius 2 is 2.20 bits per heavy atom. The summed E-state index contributed by atoms with van der Waals surface area (Å²) in [6.45, 7) is 8.28. The van der Waals surface area contributed by atoms with Gasteiger partial charge in [-0.3, -0.25) is 4.79 Å². The third-order valence-electron chi connectivity index (χ3n) is 3.69. The summed E-state index contributed by atoms with van der Waals surface area (Å²) in [4.78, 5) is 12.3. The lowest BCUT2D eigenvalue weighted by Crippen LogP contribution is -2.44. The topological polar surface area (TPSA) is 76.4 Å². The molecule has 2 rings (SSSR count). The van der Waals surface area contributed by atoms with Gasteiger partial charge in [-0.15, -0.1) is 0 Å². The molecule has 2 N–H and O–H groups in total. The third-order valence-corrected chi connectivity index (χ3v) is 3.69. The first-order valence-corrected chi connectivity index (χ1v) is 7.14. The van der Waals surface area contributed by atoms with E-state index in [9.17, 15) is 4.79 Å². The molecule has 112 valence electrons. The van der Waals surface area contributed by atoms with Gasteiger partial charge < -0.3 is 19.9 Å². The summed E-state index contributed by atoms with van der Waals surface area (Å²) in [5, 5.41) is 10.2. The van der Waals surface area contributed by atoms with E-state index in [0.29, 0.717) is 19.8 Å². The molecule has 1 fully saturated rings. The van der Waals surface area contributed by atoms with E-state index in [2.05, 4.69) is 22.7 Å². The molecule has 1 aliphatic rings. The molecule has 6 heteroatoms. The van der Waals surface area contributed by atoms with E-state index in [0.717, 1.165) is 30.0 Å². The van der Waals surface area contributed by atoms with Crippen LogP contribution in [0.3, 0.4) is 0 Å². The van der Waals surface area contributed by atoms with E-state index in [4.69, 9.17) is 9.26 Å². The number of rotatable bonds is 6. The van der Waals surface area contributed by atoms with Crippen LogP contribution in [-0.2, 0) is 16.1 Å². The molecule has 2 heterocycles. The van der Waals surface area contributed by atoms with Gasteiger partial charge in [-0.1, -0.05) is 12.1 Å². The average molecular weight is 281 g/mol. The van der Waals surface area contributed by atoms with Crippen molar-refractivity contribution in [2.45, 2.75) is 39.8 Å². The van der Waals surface area contributed by atoms with Crippen LogP contribution in [0.15, 0.2) is 4.52 Å². The van der Waals surface area contributed by atoms with Gasteiger partial charge in [0.05, 0.1) is 24.8 Å². The highest BCUT2D eigenvalue weighted by Crippen LogP contribution is 2.16. The molecule has 1 amide bonds. The molecular formula is C14H23N3O3. The summed E-state index contributed by atoms with van der Waals surface area (Å²) in [6.07, 6.45) is 1.05. The number of carbonyl (C=O) groups is 1. The molecule has 6 nitrogen and oxygen atoms in total. The SMILES string of the molecule is CCCNC1COCC1C(=O)NCc1c(C)noc1C. The van der Waals surface area contributed by atoms with Crippen molar-refractivity contribution in [1.82, 2.24) is 15.8 Å². The van der Waals surface area contributed by atoms with Crippen LogP contribution in [0.25, 0.3) is 0 Å². The maximum atomic E-state index is 12.3. The normalized spacial score (nSPS) is 22.1. The summed E-state index contributed by atoms with van der Waals surface area (Å²) < 4.78 is 10.5. The van der Waals surface area contributed by atoms with Gasteiger partial charge in [0.1, 0.15) is 5.76 Å². The second kappa shape index (κ2) is 6.85. The fourth-order valence-corrected chi connectivity index (χ4v) is 2.40. The molecule has 0 saturated carbocycles. The van der Waals surface area contributed by atoms with Crippen LogP contribution in [0, 0.1) is 19.8 Å². The average Bonchev–Trinajstić information content (AvgIpc) is 3.02. The van der Waals surface area contributed by atoms with Crippen LogP contribution in [0.4, 0.5) is 0 Å². The second-order valence-electron chi connectivity index (χ2n) is 5.23. The predicted octanol–water partition coefficient (Wildman–Crippen LogP) is 0.922. The Hall–Kier alpha value is -1.40. The van der Waals surface area contributed by atoms with Gasteiger partial charge in [-0.25, -0.2) is 0 Å². The molecule has 0 aromatic carbocycles. The number of nitrogens with one attached hydrogen (secondary N) is 2. The first-order chi connectivity index (χ1) is 9.63. The summed E-state index contributed by atoms with van der Waals surface area (Å²) in [7, 11) is 0. The molecular weight excluding hydrogens is 258 g/mol. The summed E-state index contributed by atoms with van der Waals surface area (Å²) in [5.41, 5.74) is 1.78. The van der Waals surface area contributed by atoms with Gasteiger partial charge in [0, 0.05) is 18.2 Å². The molecule has 1 saturated heterocycles. The Labute approximate surface area is 119 Å². The molecule has 0 aliphatic carbocycles. The lowest BCUT2D eigenvalue weighted by Gasteiger charge is -2.18. The van der Waals surface area contributed by atoms with Gasteiger partial charge in [0.15, 0.2) is 0 Å². The molecule has 0 radical (unpaired) electrons. The van der Waals surface area contributed by atoms with E-state index in [-0.39, 0.29) is 17.9 Å². The Bertz CT molecular complexity index is 439. The largest absolute Gasteiger partial charge is 0.379 e. The standard InChI is InChI=1S/C14H23N3O3/c1-4-5-15-13-8-19-7-12(13)14(18)16-6-11-9(2)17-20-10(11)3/h12-13,15H,4-8H2,1-3H3,(H,16,18). The molecule has 20 heavy (non-hydrogen) atoms. The van der Waals surface area contributed by atoms with Gasteiger partial charge in [0.25, 0.3) is 0 Å². The van der Waals surface area contributed by atoms with Crippen LogP contribution in [0.2, 0.25) is 0 Å². The third kappa shape index (κ3) is 3.37. The minimum Gasteiger partial charge on any atom is -0.379 e.